The van der Waals surface area contributed by atoms with Gasteiger partial charge in [0.25, 0.3) is 5.91 Å². The number of nitrogens with zero attached hydrogens (tertiary/aromatic N) is 2. The summed E-state index contributed by atoms with van der Waals surface area (Å²) in [4.78, 5) is 19.0. The second-order valence-corrected chi connectivity index (χ2v) is 7.43. The average molecular weight is 377 g/mol. The number of para-hydroxylation sites is 1. The van der Waals surface area contributed by atoms with Gasteiger partial charge in [0.2, 0.25) is 0 Å². The van der Waals surface area contributed by atoms with Crippen LogP contribution >= 0.6 is 11.3 Å². The maximum Gasteiger partial charge on any atom is 0.287 e. The Morgan fingerprint density at radius 2 is 1.96 bits per heavy atom. The summed E-state index contributed by atoms with van der Waals surface area (Å²) in [6.45, 7) is 0.442. The SMILES string of the molecule is CN(C)c1cccc(CNC(=O)c2ccc(-c3nc4ccccc4s3)o2)c1. The molecule has 27 heavy (non-hydrogen) atoms. The molecule has 2 aromatic heterocycles. The molecule has 0 saturated heterocycles. The first-order chi connectivity index (χ1) is 13.1. The number of furan rings is 1. The summed E-state index contributed by atoms with van der Waals surface area (Å²) in [5.41, 5.74) is 3.06. The van der Waals surface area contributed by atoms with E-state index in [1.807, 2.05) is 61.5 Å². The number of aromatic nitrogens is 1. The van der Waals surface area contributed by atoms with Crippen molar-refractivity contribution in [3.63, 3.8) is 0 Å². The Hall–Kier alpha value is -3.12. The Bertz CT molecular complexity index is 1060. The number of hydrogen-bond acceptors (Lipinski definition) is 5. The molecule has 6 heteroatoms. The number of amides is 1. The fourth-order valence-electron chi connectivity index (χ4n) is 2.77. The van der Waals surface area contributed by atoms with Gasteiger partial charge in [0.1, 0.15) is 0 Å². The number of thiazole rings is 1. The van der Waals surface area contributed by atoms with Crippen LogP contribution < -0.4 is 10.2 Å². The quantitative estimate of drug-likeness (QED) is 0.554. The zero-order valence-corrected chi connectivity index (χ0v) is 15.9. The highest BCUT2D eigenvalue weighted by Gasteiger charge is 2.15. The number of benzene rings is 2. The van der Waals surface area contributed by atoms with E-state index in [0.717, 1.165) is 26.5 Å². The van der Waals surface area contributed by atoms with Gasteiger partial charge < -0.3 is 14.6 Å². The van der Waals surface area contributed by atoms with Gasteiger partial charge in [0.15, 0.2) is 16.5 Å². The zero-order chi connectivity index (χ0) is 18.8. The van der Waals surface area contributed by atoms with Crippen molar-refractivity contribution in [3.05, 3.63) is 72.0 Å². The van der Waals surface area contributed by atoms with E-state index in [2.05, 4.69) is 16.4 Å². The van der Waals surface area contributed by atoms with Crippen molar-refractivity contribution in [1.82, 2.24) is 10.3 Å². The first kappa shape index (κ1) is 17.3. The Morgan fingerprint density at radius 3 is 2.78 bits per heavy atom. The molecule has 0 atom stereocenters. The van der Waals surface area contributed by atoms with Crippen molar-refractivity contribution in [3.8, 4) is 10.8 Å². The smallest absolute Gasteiger partial charge is 0.287 e. The zero-order valence-electron chi connectivity index (χ0n) is 15.1. The van der Waals surface area contributed by atoms with Gasteiger partial charge in [0, 0.05) is 26.3 Å². The van der Waals surface area contributed by atoms with E-state index >= 15 is 0 Å². The first-order valence-corrected chi connectivity index (χ1v) is 9.42. The van der Waals surface area contributed by atoms with Crippen LogP contribution in [-0.4, -0.2) is 25.0 Å². The first-order valence-electron chi connectivity index (χ1n) is 8.60. The molecule has 2 aromatic carbocycles. The molecule has 4 aromatic rings. The topological polar surface area (TPSA) is 58.4 Å². The number of anilines is 1. The molecule has 0 aliphatic carbocycles. The van der Waals surface area contributed by atoms with Gasteiger partial charge >= 0.3 is 0 Å². The summed E-state index contributed by atoms with van der Waals surface area (Å²) >= 11 is 1.55. The Kier molecular flexibility index (Phi) is 4.64. The predicted molar refractivity (Wildman–Crippen MR) is 109 cm³/mol. The molecule has 0 radical (unpaired) electrons. The standard InChI is InChI=1S/C21H19N3O2S/c1-24(2)15-7-5-6-14(12-15)13-22-20(25)17-10-11-18(26-17)21-23-16-8-3-4-9-19(16)27-21/h3-12H,13H2,1-2H3,(H,22,25). The summed E-state index contributed by atoms with van der Waals surface area (Å²) in [6.07, 6.45) is 0. The van der Waals surface area contributed by atoms with E-state index < -0.39 is 0 Å². The number of fused-ring (bicyclic) bond motifs is 1. The molecule has 4 rings (SSSR count). The molecule has 0 unspecified atom stereocenters. The maximum atomic E-state index is 12.4. The van der Waals surface area contributed by atoms with Gasteiger partial charge in [-0.05, 0) is 42.0 Å². The number of carbonyl (C=O) groups excluding carboxylic acids is 1. The van der Waals surface area contributed by atoms with E-state index in [0.29, 0.717) is 12.3 Å². The van der Waals surface area contributed by atoms with E-state index in [9.17, 15) is 4.79 Å². The fourth-order valence-corrected chi connectivity index (χ4v) is 3.69. The molecular formula is C21H19N3O2S. The van der Waals surface area contributed by atoms with Gasteiger partial charge in [0.05, 0.1) is 10.2 Å². The Labute approximate surface area is 161 Å². The van der Waals surface area contributed by atoms with Crippen molar-refractivity contribution in [2.75, 3.05) is 19.0 Å². The van der Waals surface area contributed by atoms with Crippen LogP contribution in [0.4, 0.5) is 5.69 Å². The minimum Gasteiger partial charge on any atom is -0.448 e. The lowest BCUT2D eigenvalue weighted by Crippen LogP contribution is -2.22. The minimum atomic E-state index is -0.238. The van der Waals surface area contributed by atoms with Crippen molar-refractivity contribution in [1.29, 1.82) is 0 Å². The molecule has 0 spiro atoms. The highest BCUT2D eigenvalue weighted by molar-refractivity contribution is 7.21. The van der Waals surface area contributed by atoms with E-state index in [4.69, 9.17) is 4.42 Å². The van der Waals surface area contributed by atoms with Gasteiger partial charge in [-0.2, -0.15) is 0 Å². The molecule has 2 heterocycles. The Balaban J connectivity index is 1.46. The molecule has 136 valence electrons. The highest BCUT2D eigenvalue weighted by atomic mass is 32.1. The van der Waals surface area contributed by atoms with Crippen LogP contribution in [0.3, 0.4) is 0 Å². The molecule has 0 aliphatic rings. The second-order valence-electron chi connectivity index (χ2n) is 6.40. The molecule has 0 aliphatic heterocycles. The van der Waals surface area contributed by atoms with Crippen LogP contribution in [0.2, 0.25) is 0 Å². The number of carbonyl (C=O) groups is 1. The van der Waals surface area contributed by atoms with Gasteiger partial charge in [-0.15, -0.1) is 11.3 Å². The van der Waals surface area contributed by atoms with Crippen molar-refractivity contribution < 1.29 is 9.21 Å². The van der Waals surface area contributed by atoms with Crippen molar-refractivity contribution in [2.24, 2.45) is 0 Å². The average Bonchev–Trinajstić information content (AvgIpc) is 3.33. The molecule has 0 fully saturated rings. The third kappa shape index (κ3) is 3.71. The maximum absolute atomic E-state index is 12.4. The van der Waals surface area contributed by atoms with E-state index in [1.54, 1.807) is 23.5 Å². The lowest BCUT2D eigenvalue weighted by atomic mass is 10.2. The summed E-state index contributed by atoms with van der Waals surface area (Å²) in [5, 5.41) is 3.68. The van der Waals surface area contributed by atoms with E-state index in [1.165, 1.54) is 0 Å². The van der Waals surface area contributed by atoms with Gasteiger partial charge in [-0.3, -0.25) is 4.79 Å². The second kappa shape index (κ2) is 7.25. The lowest BCUT2D eigenvalue weighted by molar-refractivity contribution is 0.0924. The normalized spacial score (nSPS) is 10.9. The van der Waals surface area contributed by atoms with E-state index in [-0.39, 0.29) is 11.7 Å². The van der Waals surface area contributed by atoms with Crippen LogP contribution in [0.15, 0.2) is 65.1 Å². The van der Waals surface area contributed by atoms with Crippen molar-refractivity contribution in [2.45, 2.75) is 6.54 Å². The van der Waals surface area contributed by atoms with Crippen LogP contribution in [0, 0.1) is 0 Å². The summed E-state index contributed by atoms with van der Waals surface area (Å²) < 4.78 is 6.83. The van der Waals surface area contributed by atoms with Crippen LogP contribution in [0.5, 0.6) is 0 Å². The Morgan fingerprint density at radius 1 is 1.11 bits per heavy atom. The third-order valence-electron chi connectivity index (χ3n) is 4.21. The van der Waals surface area contributed by atoms with Crippen LogP contribution in [0.1, 0.15) is 16.1 Å². The molecule has 0 saturated carbocycles. The molecule has 1 N–H and O–H groups in total. The molecular weight excluding hydrogens is 358 g/mol. The minimum absolute atomic E-state index is 0.238. The largest absolute Gasteiger partial charge is 0.448 e. The number of hydrogen-bond donors (Lipinski definition) is 1. The van der Waals surface area contributed by atoms with Crippen LogP contribution in [-0.2, 0) is 6.54 Å². The fraction of sp³-hybridized carbons (Fsp3) is 0.143. The third-order valence-corrected chi connectivity index (χ3v) is 5.27. The molecule has 1 amide bonds. The molecule has 0 bridgehead atoms. The summed E-state index contributed by atoms with van der Waals surface area (Å²) in [5.74, 6) is 0.654. The van der Waals surface area contributed by atoms with Crippen molar-refractivity contribution >= 4 is 33.1 Å². The number of rotatable bonds is 5. The summed E-state index contributed by atoms with van der Waals surface area (Å²) in [6, 6.07) is 19.5. The lowest BCUT2D eigenvalue weighted by Gasteiger charge is -2.13. The summed E-state index contributed by atoms with van der Waals surface area (Å²) in [7, 11) is 3.98. The van der Waals surface area contributed by atoms with Gasteiger partial charge in [-0.25, -0.2) is 4.98 Å². The molecule has 5 nitrogen and oxygen atoms in total. The monoisotopic (exact) mass is 377 g/mol. The number of nitrogens with one attached hydrogen (secondary N) is 1. The highest BCUT2D eigenvalue weighted by Crippen LogP contribution is 2.31. The predicted octanol–water partition coefficient (Wildman–Crippen LogP) is 4.55. The van der Waals surface area contributed by atoms with Crippen LogP contribution in [0.25, 0.3) is 21.0 Å². The van der Waals surface area contributed by atoms with Gasteiger partial charge in [-0.1, -0.05) is 24.3 Å².